The molecule has 0 aliphatic rings. The summed E-state index contributed by atoms with van der Waals surface area (Å²) in [5.74, 6) is 0. The fourth-order valence-corrected chi connectivity index (χ4v) is 2.74. The van der Waals surface area contributed by atoms with Crippen molar-refractivity contribution < 1.29 is 5.11 Å². The van der Waals surface area contributed by atoms with Crippen LogP contribution in [-0.4, -0.2) is 10.7 Å². The van der Waals surface area contributed by atoms with Crippen molar-refractivity contribution >= 4 is 11.6 Å². The number of benzene rings is 2. The number of halogens is 1. The van der Waals surface area contributed by atoms with Gasteiger partial charge in [0.1, 0.15) is 0 Å². The third-order valence-corrected chi connectivity index (χ3v) is 4.11. The minimum atomic E-state index is -0.750. The lowest BCUT2D eigenvalue weighted by Gasteiger charge is -2.27. The van der Waals surface area contributed by atoms with E-state index in [1.54, 1.807) is 0 Å². The molecule has 0 spiro atoms. The molecule has 0 saturated carbocycles. The second kappa shape index (κ2) is 6.43. The van der Waals surface area contributed by atoms with E-state index in [0.717, 1.165) is 21.7 Å². The molecule has 0 amide bonds. The molecule has 2 aromatic carbocycles. The van der Waals surface area contributed by atoms with Gasteiger partial charge in [0.05, 0.1) is 5.60 Å². The summed E-state index contributed by atoms with van der Waals surface area (Å²) in [4.78, 5) is 0. The van der Waals surface area contributed by atoms with Crippen LogP contribution in [0.2, 0.25) is 5.02 Å². The van der Waals surface area contributed by atoms with E-state index in [-0.39, 0.29) is 0 Å². The Bertz CT molecular complexity index is 565. The summed E-state index contributed by atoms with van der Waals surface area (Å²) in [7, 11) is 0. The maximum atomic E-state index is 10.9. The van der Waals surface area contributed by atoms with Gasteiger partial charge in [0, 0.05) is 17.9 Å². The first kappa shape index (κ1) is 15.1. The molecule has 0 saturated heterocycles. The minimum absolute atomic E-state index is 0.581. The molecular weight excluding hydrogens is 268 g/mol. The van der Waals surface area contributed by atoms with Gasteiger partial charge < -0.3 is 5.11 Å². The fourth-order valence-electron chi connectivity index (χ4n) is 2.44. The monoisotopic (exact) mass is 288 g/mol. The van der Waals surface area contributed by atoms with Crippen LogP contribution in [0, 0.1) is 6.92 Å². The van der Waals surface area contributed by atoms with Gasteiger partial charge in [-0.1, -0.05) is 61.0 Å². The zero-order valence-electron chi connectivity index (χ0n) is 12.1. The first-order chi connectivity index (χ1) is 9.52. The first-order valence-electron chi connectivity index (χ1n) is 7.04. The van der Waals surface area contributed by atoms with Gasteiger partial charge in [0.2, 0.25) is 0 Å². The van der Waals surface area contributed by atoms with Gasteiger partial charge >= 0.3 is 0 Å². The molecule has 0 fully saturated rings. The third kappa shape index (κ3) is 3.84. The quantitative estimate of drug-likeness (QED) is 0.854. The second-order valence-electron chi connectivity index (χ2n) is 5.51. The smallest absolute Gasteiger partial charge is 0.0726 e. The maximum absolute atomic E-state index is 10.9. The molecule has 2 rings (SSSR count). The number of rotatable bonds is 5. The number of aryl methyl sites for hydroxylation is 1. The molecule has 20 heavy (non-hydrogen) atoms. The summed E-state index contributed by atoms with van der Waals surface area (Å²) in [6, 6.07) is 16.1. The van der Waals surface area contributed by atoms with Crippen molar-refractivity contribution in [3.63, 3.8) is 0 Å². The molecule has 0 heterocycles. The Hall–Kier alpha value is -1.31. The van der Waals surface area contributed by atoms with Crippen molar-refractivity contribution in [2.75, 3.05) is 0 Å². The summed E-state index contributed by atoms with van der Waals surface area (Å²) in [6.45, 7) is 4.04. The summed E-state index contributed by atoms with van der Waals surface area (Å²) in [6.07, 6.45) is 1.93. The van der Waals surface area contributed by atoms with Crippen molar-refractivity contribution in [2.45, 2.75) is 38.7 Å². The zero-order valence-corrected chi connectivity index (χ0v) is 12.8. The summed E-state index contributed by atoms with van der Waals surface area (Å²) in [5.41, 5.74) is 2.56. The van der Waals surface area contributed by atoms with Gasteiger partial charge in [-0.15, -0.1) is 0 Å². The van der Waals surface area contributed by atoms with E-state index in [4.69, 9.17) is 11.6 Å². The Labute approximate surface area is 126 Å². The largest absolute Gasteiger partial charge is 0.389 e. The number of hydrogen-bond acceptors (Lipinski definition) is 1. The summed E-state index contributed by atoms with van der Waals surface area (Å²) >= 11 is 6.28. The summed E-state index contributed by atoms with van der Waals surface area (Å²) < 4.78 is 0. The Morgan fingerprint density at radius 3 is 2.35 bits per heavy atom. The van der Waals surface area contributed by atoms with E-state index in [0.29, 0.717) is 19.3 Å². The Morgan fingerprint density at radius 2 is 1.75 bits per heavy atom. The van der Waals surface area contributed by atoms with Crippen LogP contribution in [0.5, 0.6) is 0 Å². The van der Waals surface area contributed by atoms with Crippen LogP contribution in [0.15, 0.2) is 48.5 Å². The highest BCUT2D eigenvalue weighted by molar-refractivity contribution is 6.31. The molecule has 2 heteroatoms. The van der Waals surface area contributed by atoms with Crippen LogP contribution in [0.25, 0.3) is 0 Å². The molecule has 1 atom stereocenters. The highest BCUT2D eigenvalue weighted by Crippen LogP contribution is 2.27. The third-order valence-electron chi connectivity index (χ3n) is 3.76. The molecule has 0 bridgehead atoms. The van der Waals surface area contributed by atoms with Crippen LogP contribution in [0.1, 0.15) is 30.0 Å². The van der Waals surface area contributed by atoms with Crippen LogP contribution >= 0.6 is 11.6 Å². The van der Waals surface area contributed by atoms with E-state index < -0.39 is 5.60 Å². The molecule has 0 aliphatic heterocycles. The Balaban J connectivity index is 2.18. The van der Waals surface area contributed by atoms with Crippen molar-refractivity contribution in [2.24, 2.45) is 0 Å². The molecule has 106 valence electrons. The average Bonchev–Trinajstić information content (AvgIpc) is 2.43. The standard InChI is InChI=1S/C18H21ClO/c1-3-18(20,12-15-7-5-4-6-8-15)13-16-10-9-14(2)11-17(16)19/h4-11,20H,3,12-13H2,1-2H3. The molecule has 0 radical (unpaired) electrons. The number of aliphatic hydroxyl groups is 1. The van der Waals surface area contributed by atoms with Crippen molar-refractivity contribution in [1.82, 2.24) is 0 Å². The van der Waals surface area contributed by atoms with Gasteiger partial charge in [0.15, 0.2) is 0 Å². The summed E-state index contributed by atoms with van der Waals surface area (Å²) in [5, 5.41) is 11.6. The van der Waals surface area contributed by atoms with E-state index in [1.807, 2.05) is 50.2 Å². The zero-order chi connectivity index (χ0) is 14.6. The number of hydrogen-bond donors (Lipinski definition) is 1. The average molecular weight is 289 g/mol. The van der Waals surface area contributed by atoms with E-state index in [2.05, 4.69) is 12.1 Å². The molecule has 1 N–H and O–H groups in total. The topological polar surface area (TPSA) is 20.2 Å². The molecule has 1 nitrogen and oxygen atoms in total. The van der Waals surface area contributed by atoms with Crippen molar-refractivity contribution in [1.29, 1.82) is 0 Å². The molecule has 1 unspecified atom stereocenters. The highest BCUT2D eigenvalue weighted by atomic mass is 35.5. The van der Waals surface area contributed by atoms with Crippen molar-refractivity contribution in [3.8, 4) is 0 Å². The predicted molar refractivity (Wildman–Crippen MR) is 85.3 cm³/mol. The molecular formula is C18H21ClO. The SMILES string of the molecule is CCC(O)(Cc1ccccc1)Cc1ccc(C)cc1Cl. The fraction of sp³-hybridized carbons (Fsp3) is 0.333. The van der Waals surface area contributed by atoms with Crippen LogP contribution < -0.4 is 0 Å². The van der Waals surface area contributed by atoms with Crippen LogP contribution in [-0.2, 0) is 12.8 Å². The van der Waals surface area contributed by atoms with Gasteiger partial charge in [0.25, 0.3) is 0 Å². The van der Waals surface area contributed by atoms with Gasteiger partial charge in [-0.25, -0.2) is 0 Å². The lowest BCUT2D eigenvalue weighted by atomic mass is 9.86. The lowest BCUT2D eigenvalue weighted by molar-refractivity contribution is 0.0369. The minimum Gasteiger partial charge on any atom is -0.389 e. The normalized spacial score (nSPS) is 14.0. The van der Waals surface area contributed by atoms with Crippen LogP contribution in [0.4, 0.5) is 0 Å². The molecule has 0 aliphatic carbocycles. The van der Waals surface area contributed by atoms with E-state index >= 15 is 0 Å². The molecule has 2 aromatic rings. The van der Waals surface area contributed by atoms with Crippen LogP contribution in [0.3, 0.4) is 0 Å². The van der Waals surface area contributed by atoms with E-state index in [9.17, 15) is 5.11 Å². The first-order valence-corrected chi connectivity index (χ1v) is 7.41. The van der Waals surface area contributed by atoms with Gasteiger partial charge in [-0.2, -0.15) is 0 Å². The van der Waals surface area contributed by atoms with Gasteiger partial charge in [-0.05, 0) is 36.1 Å². The van der Waals surface area contributed by atoms with Crippen molar-refractivity contribution in [3.05, 3.63) is 70.2 Å². The van der Waals surface area contributed by atoms with Gasteiger partial charge in [-0.3, -0.25) is 0 Å². The maximum Gasteiger partial charge on any atom is 0.0726 e. The van der Waals surface area contributed by atoms with E-state index in [1.165, 1.54) is 0 Å². The lowest BCUT2D eigenvalue weighted by Crippen LogP contribution is -2.33. The Morgan fingerprint density at radius 1 is 1.05 bits per heavy atom. The second-order valence-corrected chi connectivity index (χ2v) is 5.92. The predicted octanol–water partition coefficient (Wildman–Crippen LogP) is 4.57. The Kier molecular flexibility index (Phi) is 4.85. The molecule has 0 aromatic heterocycles. The highest BCUT2D eigenvalue weighted by Gasteiger charge is 2.26.